The smallest absolute Gasteiger partial charge is 0.239 e. The molecule has 16 heavy (non-hydrogen) atoms. The van der Waals surface area contributed by atoms with Gasteiger partial charge in [-0.2, -0.15) is 0 Å². The number of ether oxygens (including phenoxy) is 1. The number of nitrogens with one attached hydrogen (secondary N) is 1. The molecule has 0 spiro atoms. The van der Waals surface area contributed by atoms with Gasteiger partial charge in [0.2, 0.25) is 5.91 Å². The van der Waals surface area contributed by atoms with E-state index in [4.69, 9.17) is 10.5 Å². The van der Waals surface area contributed by atoms with Crippen molar-refractivity contribution in [2.75, 3.05) is 26.3 Å². The molecule has 1 heterocycles. The standard InChI is InChI=1S/C11H21N3O2/c1-8(6-12)14-4-5-16-7-10(14)11(15)13-9-2-3-9/h8-10H,2-7,12H2,1H3,(H,13,15). The molecule has 0 aromatic heterocycles. The van der Waals surface area contributed by atoms with Crippen LogP contribution in [0.3, 0.4) is 0 Å². The second kappa shape index (κ2) is 5.12. The van der Waals surface area contributed by atoms with Crippen LogP contribution in [0.5, 0.6) is 0 Å². The monoisotopic (exact) mass is 227 g/mol. The molecule has 1 aliphatic heterocycles. The summed E-state index contributed by atoms with van der Waals surface area (Å²) in [6.45, 7) is 4.61. The molecule has 1 aliphatic carbocycles. The molecule has 1 saturated heterocycles. The Balaban J connectivity index is 1.94. The summed E-state index contributed by atoms with van der Waals surface area (Å²) in [6.07, 6.45) is 2.23. The van der Waals surface area contributed by atoms with E-state index in [0.29, 0.717) is 25.8 Å². The van der Waals surface area contributed by atoms with Gasteiger partial charge in [0, 0.05) is 25.2 Å². The SMILES string of the molecule is CC(CN)N1CCOCC1C(=O)NC1CC1. The zero-order valence-electron chi connectivity index (χ0n) is 9.82. The van der Waals surface area contributed by atoms with Crippen molar-refractivity contribution in [3.63, 3.8) is 0 Å². The number of nitrogens with two attached hydrogens (primary N) is 1. The topological polar surface area (TPSA) is 67.6 Å². The van der Waals surface area contributed by atoms with Gasteiger partial charge in [-0.05, 0) is 19.8 Å². The van der Waals surface area contributed by atoms with E-state index in [1.807, 2.05) is 0 Å². The molecule has 5 heteroatoms. The van der Waals surface area contributed by atoms with Gasteiger partial charge in [0.25, 0.3) is 0 Å². The Kier molecular flexibility index (Phi) is 3.78. The van der Waals surface area contributed by atoms with E-state index in [9.17, 15) is 4.79 Å². The third-order valence-electron chi connectivity index (χ3n) is 3.30. The largest absolute Gasteiger partial charge is 0.378 e. The van der Waals surface area contributed by atoms with Crippen molar-refractivity contribution >= 4 is 5.91 Å². The van der Waals surface area contributed by atoms with Crippen molar-refractivity contribution in [3.05, 3.63) is 0 Å². The summed E-state index contributed by atoms with van der Waals surface area (Å²) in [5.41, 5.74) is 5.66. The number of rotatable bonds is 4. The first-order chi connectivity index (χ1) is 7.72. The molecule has 0 radical (unpaired) electrons. The molecule has 2 fully saturated rings. The van der Waals surface area contributed by atoms with Crippen LogP contribution in [0.25, 0.3) is 0 Å². The van der Waals surface area contributed by atoms with Crippen molar-refractivity contribution < 1.29 is 9.53 Å². The van der Waals surface area contributed by atoms with Crippen molar-refractivity contribution in [1.82, 2.24) is 10.2 Å². The predicted octanol–water partition coefficient (Wildman–Crippen LogP) is -0.687. The van der Waals surface area contributed by atoms with Gasteiger partial charge in [0.15, 0.2) is 0 Å². The summed E-state index contributed by atoms with van der Waals surface area (Å²) in [5.74, 6) is 0.0995. The van der Waals surface area contributed by atoms with Gasteiger partial charge in [-0.25, -0.2) is 0 Å². The normalized spacial score (nSPS) is 28.8. The van der Waals surface area contributed by atoms with Crippen molar-refractivity contribution in [2.24, 2.45) is 5.73 Å². The first-order valence-corrected chi connectivity index (χ1v) is 6.06. The molecule has 0 aromatic rings. The minimum atomic E-state index is -0.159. The van der Waals surface area contributed by atoms with Crippen LogP contribution in [0.15, 0.2) is 0 Å². The molecule has 2 unspecified atom stereocenters. The molecule has 0 aromatic carbocycles. The number of morpholine rings is 1. The summed E-state index contributed by atoms with van der Waals surface area (Å²) in [6, 6.07) is 0.483. The Labute approximate surface area is 96.3 Å². The van der Waals surface area contributed by atoms with Crippen LogP contribution in [0.1, 0.15) is 19.8 Å². The lowest BCUT2D eigenvalue weighted by molar-refractivity contribution is -0.134. The van der Waals surface area contributed by atoms with Crippen LogP contribution in [0, 0.1) is 0 Å². The number of carbonyl (C=O) groups is 1. The summed E-state index contributed by atoms with van der Waals surface area (Å²) >= 11 is 0. The first-order valence-electron chi connectivity index (χ1n) is 6.06. The first kappa shape index (κ1) is 11.8. The van der Waals surface area contributed by atoms with Gasteiger partial charge in [-0.3, -0.25) is 9.69 Å². The zero-order valence-corrected chi connectivity index (χ0v) is 9.82. The summed E-state index contributed by atoms with van der Waals surface area (Å²) in [4.78, 5) is 14.2. The molecular weight excluding hydrogens is 206 g/mol. The van der Waals surface area contributed by atoms with Gasteiger partial charge in [-0.1, -0.05) is 0 Å². The Hall–Kier alpha value is -0.650. The Bertz CT molecular complexity index is 256. The zero-order chi connectivity index (χ0) is 11.5. The van der Waals surface area contributed by atoms with Crippen LogP contribution < -0.4 is 11.1 Å². The summed E-state index contributed by atoms with van der Waals surface area (Å²) in [7, 11) is 0. The van der Waals surface area contributed by atoms with Crippen LogP contribution >= 0.6 is 0 Å². The predicted molar refractivity (Wildman–Crippen MR) is 61.0 cm³/mol. The Morgan fingerprint density at radius 2 is 2.38 bits per heavy atom. The fourth-order valence-corrected chi connectivity index (χ4v) is 2.03. The lowest BCUT2D eigenvalue weighted by Crippen LogP contribution is -2.58. The minimum absolute atomic E-state index is 0.0995. The van der Waals surface area contributed by atoms with Crippen LogP contribution in [-0.2, 0) is 9.53 Å². The molecule has 1 amide bonds. The second-order valence-electron chi connectivity index (χ2n) is 4.70. The number of hydrogen-bond acceptors (Lipinski definition) is 4. The number of nitrogens with zero attached hydrogens (tertiary/aromatic N) is 1. The van der Waals surface area contributed by atoms with Crippen molar-refractivity contribution in [1.29, 1.82) is 0 Å². The lowest BCUT2D eigenvalue weighted by Gasteiger charge is -2.38. The average molecular weight is 227 g/mol. The van der Waals surface area contributed by atoms with E-state index in [1.54, 1.807) is 0 Å². The molecule has 3 N–H and O–H groups in total. The highest BCUT2D eigenvalue weighted by atomic mass is 16.5. The molecule has 0 bridgehead atoms. The van der Waals surface area contributed by atoms with Gasteiger partial charge in [0.05, 0.1) is 13.2 Å². The molecule has 2 atom stereocenters. The maximum Gasteiger partial charge on any atom is 0.239 e. The highest BCUT2D eigenvalue weighted by Gasteiger charge is 2.34. The van der Waals surface area contributed by atoms with Gasteiger partial charge in [0.1, 0.15) is 6.04 Å². The van der Waals surface area contributed by atoms with E-state index in [0.717, 1.165) is 19.4 Å². The molecular formula is C11H21N3O2. The summed E-state index contributed by atoms with van der Waals surface area (Å²) in [5, 5.41) is 3.03. The Morgan fingerprint density at radius 1 is 1.62 bits per heavy atom. The fourth-order valence-electron chi connectivity index (χ4n) is 2.03. The van der Waals surface area contributed by atoms with E-state index >= 15 is 0 Å². The van der Waals surface area contributed by atoms with Crippen molar-refractivity contribution in [3.8, 4) is 0 Å². The van der Waals surface area contributed by atoms with E-state index in [-0.39, 0.29) is 18.0 Å². The maximum absolute atomic E-state index is 12.0. The quantitative estimate of drug-likeness (QED) is 0.667. The molecule has 92 valence electrons. The van der Waals surface area contributed by atoms with E-state index in [2.05, 4.69) is 17.1 Å². The molecule has 1 saturated carbocycles. The van der Waals surface area contributed by atoms with Crippen LogP contribution in [0.4, 0.5) is 0 Å². The second-order valence-corrected chi connectivity index (χ2v) is 4.70. The fraction of sp³-hybridized carbons (Fsp3) is 0.909. The van der Waals surface area contributed by atoms with E-state index < -0.39 is 0 Å². The number of amides is 1. The average Bonchev–Trinajstić information content (AvgIpc) is 3.12. The molecule has 2 rings (SSSR count). The third-order valence-corrected chi connectivity index (χ3v) is 3.30. The number of hydrogen-bond donors (Lipinski definition) is 2. The third kappa shape index (κ3) is 2.72. The van der Waals surface area contributed by atoms with Gasteiger partial charge >= 0.3 is 0 Å². The van der Waals surface area contributed by atoms with E-state index in [1.165, 1.54) is 0 Å². The highest BCUT2D eigenvalue weighted by Crippen LogP contribution is 2.20. The summed E-state index contributed by atoms with van der Waals surface area (Å²) < 4.78 is 5.39. The molecule has 5 nitrogen and oxygen atoms in total. The number of carbonyl (C=O) groups excluding carboxylic acids is 1. The Morgan fingerprint density at radius 3 is 3.00 bits per heavy atom. The van der Waals surface area contributed by atoms with Crippen LogP contribution in [0.2, 0.25) is 0 Å². The van der Waals surface area contributed by atoms with Crippen molar-refractivity contribution in [2.45, 2.75) is 37.9 Å². The minimum Gasteiger partial charge on any atom is -0.378 e. The maximum atomic E-state index is 12.0. The van der Waals surface area contributed by atoms with Gasteiger partial charge in [-0.15, -0.1) is 0 Å². The van der Waals surface area contributed by atoms with Crippen LogP contribution in [-0.4, -0.2) is 55.2 Å². The van der Waals surface area contributed by atoms with Gasteiger partial charge < -0.3 is 15.8 Å². The highest BCUT2D eigenvalue weighted by molar-refractivity contribution is 5.82. The lowest BCUT2D eigenvalue weighted by atomic mass is 10.1. The molecule has 2 aliphatic rings.